The van der Waals surface area contributed by atoms with E-state index in [9.17, 15) is 0 Å². The number of hydrogen-bond donors (Lipinski definition) is 1. The summed E-state index contributed by atoms with van der Waals surface area (Å²) in [5.74, 6) is 0. The molecule has 1 heterocycles. The molecule has 0 bridgehead atoms. The molecule has 18 heavy (non-hydrogen) atoms. The van der Waals surface area contributed by atoms with Gasteiger partial charge in [-0.1, -0.05) is 18.5 Å². The standard InChI is InChI=1S/C14H18ClN3/c1-2-18-7-5-13(6-8-18)17-14-4-3-12(15)9-11(14)10-16/h3-4,9,13,17H,2,5-8H2,1H3. The van der Waals surface area contributed by atoms with Gasteiger partial charge in [0.25, 0.3) is 0 Å². The molecule has 1 saturated heterocycles. The van der Waals surface area contributed by atoms with Gasteiger partial charge in [0.15, 0.2) is 0 Å². The summed E-state index contributed by atoms with van der Waals surface area (Å²) in [5, 5.41) is 13.2. The summed E-state index contributed by atoms with van der Waals surface area (Å²) in [5.41, 5.74) is 1.53. The van der Waals surface area contributed by atoms with Crippen molar-refractivity contribution in [2.75, 3.05) is 25.0 Å². The van der Waals surface area contributed by atoms with E-state index in [2.05, 4.69) is 23.2 Å². The molecule has 4 heteroatoms. The van der Waals surface area contributed by atoms with Crippen LogP contribution < -0.4 is 5.32 Å². The minimum atomic E-state index is 0.459. The molecule has 96 valence electrons. The maximum absolute atomic E-state index is 9.10. The molecule has 0 aromatic heterocycles. The van der Waals surface area contributed by atoms with Crippen molar-refractivity contribution >= 4 is 17.3 Å². The van der Waals surface area contributed by atoms with Crippen LogP contribution in [0.15, 0.2) is 18.2 Å². The highest BCUT2D eigenvalue weighted by molar-refractivity contribution is 6.30. The van der Waals surface area contributed by atoms with Crippen LogP contribution in [-0.4, -0.2) is 30.6 Å². The number of hydrogen-bond acceptors (Lipinski definition) is 3. The van der Waals surface area contributed by atoms with Gasteiger partial charge in [0.2, 0.25) is 0 Å². The lowest BCUT2D eigenvalue weighted by Gasteiger charge is -2.32. The topological polar surface area (TPSA) is 39.1 Å². The first kappa shape index (κ1) is 13.2. The van der Waals surface area contributed by atoms with Crippen LogP contribution in [0, 0.1) is 11.3 Å². The van der Waals surface area contributed by atoms with Crippen LogP contribution >= 0.6 is 11.6 Å². The number of anilines is 1. The molecule has 0 radical (unpaired) electrons. The van der Waals surface area contributed by atoms with E-state index in [0.29, 0.717) is 16.6 Å². The van der Waals surface area contributed by atoms with Crippen LogP contribution in [0.5, 0.6) is 0 Å². The van der Waals surface area contributed by atoms with E-state index in [1.54, 1.807) is 6.07 Å². The van der Waals surface area contributed by atoms with E-state index in [1.807, 2.05) is 12.1 Å². The highest BCUT2D eigenvalue weighted by Gasteiger charge is 2.18. The van der Waals surface area contributed by atoms with Crippen molar-refractivity contribution in [3.63, 3.8) is 0 Å². The lowest BCUT2D eigenvalue weighted by molar-refractivity contribution is 0.229. The van der Waals surface area contributed by atoms with Crippen molar-refractivity contribution in [1.29, 1.82) is 5.26 Å². The monoisotopic (exact) mass is 263 g/mol. The first-order valence-electron chi connectivity index (χ1n) is 6.41. The predicted molar refractivity (Wildman–Crippen MR) is 74.9 cm³/mol. The smallest absolute Gasteiger partial charge is 0.101 e. The number of piperidine rings is 1. The predicted octanol–water partition coefficient (Wildman–Crippen LogP) is 3.11. The summed E-state index contributed by atoms with van der Waals surface area (Å²) in [6.45, 7) is 5.57. The van der Waals surface area contributed by atoms with Crippen molar-refractivity contribution < 1.29 is 0 Å². The summed E-state index contributed by atoms with van der Waals surface area (Å²) in [7, 11) is 0. The average Bonchev–Trinajstić information content (AvgIpc) is 2.41. The van der Waals surface area contributed by atoms with Crippen molar-refractivity contribution in [3.8, 4) is 6.07 Å². The van der Waals surface area contributed by atoms with Gasteiger partial charge in [0.1, 0.15) is 6.07 Å². The Labute approximate surface area is 113 Å². The Balaban J connectivity index is 2.00. The van der Waals surface area contributed by atoms with E-state index in [1.165, 1.54) is 0 Å². The molecule has 1 fully saturated rings. The molecule has 0 saturated carbocycles. The molecule has 0 aliphatic carbocycles. The first-order valence-corrected chi connectivity index (χ1v) is 6.79. The fraction of sp³-hybridized carbons (Fsp3) is 0.500. The minimum absolute atomic E-state index is 0.459. The lowest BCUT2D eigenvalue weighted by Crippen LogP contribution is -2.38. The highest BCUT2D eigenvalue weighted by Crippen LogP contribution is 2.23. The van der Waals surface area contributed by atoms with Gasteiger partial charge in [0.05, 0.1) is 11.3 Å². The van der Waals surface area contributed by atoms with Crippen LogP contribution in [-0.2, 0) is 0 Å². The van der Waals surface area contributed by atoms with Crippen LogP contribution in [0.2, 0.25) is 5.02 Å². The Hall–Kier alpha value is -1.24. The number of benzene rings is 1. The Morgan fingerprint density at radius 2 is 2.17 bits per heavy atom. The molecule has 1 aliphatic heterocycles. The SMILES string of the molecule is CCN1CCC(Nc2ccc(Cl)cc2C#N)CC1. The number of nitrogens with zero attached hydrogens (tertiary/aromatic N) is 2. The molecule has 0 spiro atoms. The largest absolute Gasteiger partial charge is 0.381 e. The van der Waals surface area contributed by atoms with Gasteiger partial charge >= 0.3 is 0 Å². The quantitative estimate of drug-likeness (QED) is 0.911. The highest BCUT2D eigenvalue weighted by atomic mass is 35.5. The van der Waals surface area contributed by atoms with Gasteiger partial charge in [-0.2, -0.15) is 5.26 Å². The number of nitrogens with one attached hydrogen (secondary N) is 1. The third-order valence-corrected chi connectivity index (χ3v) is 3.73. The van der Waals surface area contributed by atoms with Crippen molar-refractivity contribution in [2.45, 2.75) is 25.8 Å². The Morgan fingerprint density at radius 3 is 2.78 bits per heavy atom. The maximum Gasteiger partial charge on any atom is 0.101 e. The molecule has 1 aromatic carbocycles. The molecule has 0 unspecified atom stereocenters. The number of rotatable bonds is 3. The molecule has 1 aliphatic rings. The van der Waals surface area contributed by atoms with Crippen LogP contribution in [0.25, 0.3) is 0 Å². The zero-order valence-electron chi connectivity index (χ0n) is 10.6. The minimum Gasteiger partial charge on any atom is -0.381 e. The van der Waals surface area contributed by atoms with Gasteiger partial charge in [-0.25, -0.2) is 0 Å². The van der Waals surface area contributed by atoms with Gasteiger partial charge in [0, 0.05) is 24.2 Å². The zero-order valence-corrected chi connectivity index (χ0v) is 11.4. The lowest BCUT2D eigenvalue weighted by atomic mass is 10.0. The normalized spacial score (nSPS) is 17.4. The molecular formula is C14H18ClN3. The second-order valence-electron chi connectivity index (χ2n) is 4.65. The molecule has 3 nitrogen and oxygen atoms in total. The summed E-state index contributed by atoms with van der Waals surface area (Å²) in [4.78, 5) is 2.45. The Kier molecular flexibility index (Phi) is 4.46. The van der Waals surface area contributed by atoms with E-state index in [4.69, 9.17) is 16.9 Å². The average molecular weight is 264 g/mol. The Bertz CT molecular complexity index is 445. The van der Waals surface area contributed by atoms with Crippen LogP contribution in [0.1, 0.15) is 25.3 Å². The van der Waals surface area contributed by atoms with Gasteiger partial charge in [-0.05, 0) is 37.6 Å². The number of nitriles is 1. The van der Waals surface area contributed by atoms with Crippen LogP contribution in [0.4, 0.5) is 5.69 Å². The summed E-state index contributed by atoms with van der Waals surface area (Å²) >= 11 is 5.89. The van der Waals surface area contributed by atoms with Gasteiger partial charge in [-0.3, -0.25) is 0 Å². The van der Waals surface area contributed by atoms with E-state index in [0.717, 1.165) is 38.2 Å². The second kappa shape index (κ2) is 6.08. The molecular weight excluding hydrogens is 246 g/mol. The van der Waals surface area contributed by atoms with E-state index >= 15 is 0 Å². The number of halogens is 1. The third kappa shape index (κ3) is 3.16. The fourth-order valence-corrected chi connectivity index (χ4v) is 2.52. The van der Waals surface area contributed by atoms with E-state index < -0.39 is 0 Å². The Morgan fingerprint density at radius 1 is 1.44 bits per heavy atom. The molecule has 2 rings (SSSR count). The van der Waals surface area contributed by atoms with Crippen LogP contribution in [0.3, 0.4) is 0 Å². The molecule has 0 amide bonds. The fourth-order valence-electron chi connectivity index (χ4n) is 2.35. The van der Waals surface area contributed by atoms with Crippen molar-refractivity contribution in [1.82, 2.24) is 4.90 Å². The summed E-state index contributed by atoms with van der Waals surface area (Å²) in [6.07, 6.45) is 2.25. The third-order valence-electron chi connectivity index (χ3n) is 3.50. The van der Waals surface area contributed by atoms with Gasteiger partial charge < -0.3 is 10.2 Å². The molecule has 1 N–H and O–H groups in total. The van der Waals surface area contributed by atoms with E-state index in [-0.39, 0.29) is 0 Å². The maximum atomic E-state index is 9.10. The number of likely N-dealkylation sites (tertiary alicyclic amines) is 1. The zero-order chi connectivity index (χ0) is 13.0. The molecule has 1 aromatic rings. The molecule has 0 atom stereocenters. The van der Waals surface area contributed by atoms with Crippen molar-refractivity contribution in [3.05, 3.63) is 28.8 Å². The second-order valence-corrected chi connectivity index (χ2v) is 5.09. The summed E-state index contributed by atoms with van der Waals surface area (Å²) < 4.78 is 0. The first-order chi connectivity index (χ1) is 8.72. The van der Waals surface area contributed by atoms with Gasteiger partial charge in [-0.15, -0.1) is 0 Å². The van der Waals surface area contributed by atoms with Crippen molar-refractivity contribution in [2.24, 2.45) is 0 Å². The summed E-state index contributed by atoms with van der Waals surface area (Å²) in [6, 6.07) is 8.08.